The number of carbonyl (C=O) groups is 2. The molecular weight excluding hydrogens is 210 g/mol. The Balaban J connectivity index is 2.55. The minimum Gasteiger partial charge on any atom is -0.361 e. The molecule has 0 aliphatic carbocycles. The number of rotatable bonds is 3. The second-order valence-electron chi connectivity index (χ2n) is 3.61. The number of aryl methyl sites for hydroxylation is 1. The van der Waals surface area contributed by atoms with Crippen molar-refractivity contribution in [3.63, 3.8) is 0 Å². The fraction of sp³-hybridized carbons (Fsp3) is 0.500. The Morgan fingerprint density at radius 3 is 2.69 bits per heavy atom. The Kier molecular flexibility index (Phi) is 4.04. The summed E-state index contributed by atoms with van der Waals surface area (Å²) in [6.07, 6.45) is 0.651. The highest BCUT2D eigenvalue weighted by Gasteiger charge is 2.14. The maximum absolute atomic E-state index is 11.5. The first kappa shape index (κ1) is 12.2. The van der Waals surface area contributed by atoms with Crippen molar-refractivity contribution in [2.24, 2.45) is 0 Å². The van der Waals surface area contributed by atoms with Crippen LogP contribution >= 0.6 is 0 Å². The fourth-order valence-corrected chi connectivity index (χ4v) is 1.05. The van der Waals surface area contributed by atoms with Crippen molar-refractivity contribution in [1.29, 1.82) is 0 Å². The molecule has 0 saturated carbocycles. The van der Waals surface area contributed by atoms with Gasteiger partial charge < -0.3 is 9.84 Å². The summed E-state index contributed by atoms with van der Waals surface area (Å²) in [7, 11) is 0. The molecule has 1 aromatic heterocycles. The lowest BCUT2D eigenvalue weighted by Gasteiger charge is -2.07. The Morgan fingerprint density at radius 1 is 1.50 bits per heavy atom. The third kappa shape index (κ3) is 3.38. The lowest BCUT2D eigenvalue weighted by molar-refractivity contribution is 0.0954. The molecule has 88 valence electrons. The second kappa shape index (κ2) is 5.29. The molecule has 0 radical (unpaired) electrons. The molecule has 0 aliphatic rings. The van der Waals surface area contributed by atoms with Gasteiger partial charge in [-0.05, 0) is 13.8 Å². The van der Waals surface area contributed by atoms with E-state index in [0.29, 0.717) is 12.2 Å². The molecule has 0 fully saturated rings. The third-order valence-electron chi connectivity index (χ3n) is 1.79. The largest absolute Gasteiger partial charge is 0.361 e. The highest BCUT2D eigenvalue weighted by molar-refractivity contribution is 6.03. The van der Waals surface area contributed by atoms with Crippen LogP contribution in [0.25, 0.3) is 0 Å². The zero-order valence-corrected chi connectivity index (χ0v) is 9.53. The summed E-state index contributed by atoms with van der Waals surface area (Å²) in [5, 5.41) is 8.24. The summed E-state index contributed by atoms with van der Waals surface area (Å²) < 4.78 is 4.86. The quantitative estimate of drug-likeness (QED) is 0.806. The van der Waals surface area contributed by atoms with E-state index >= 15 is 0 Å². The van der Waals surface area contributed by atoms with Gasteiger partial charge in [-0.15, -0.1) is 0 Å². The molecule has 1 aromatic rings. The zero-order valence-electron chi connectivity index (χ0n) is 9.53. The van der Waals surface area contributed by atoms with Gasteiger partial charge in [0.15, 0.2) is 5.69 Å². The highest BCUT2D eigenvalue weighted by atomic mass is 16.5. The van der Waals surface area contributed by atoms with Gasteiger partial charge in [0.25, 0.3) is 5.91 Å². The maximum atomic E-state index is 11.5. The molecule has 0 spiro atoms. The number of nitrogens with zero attached hydrogens (tertiary/aromatic N) is 1. The summed E-state index contributed by atoms with van der Waals surface area (Å²) in [6, 6.07) is 0.940. The molecule has 3 amide bonds. The summed E-state index contributed by atoms with van der Waals surface area (Å²) in [5.41, 5.74) is 0.107. The Morgan fingerprint density at radius 2 is 2.19 bits per heavy atom. The topological polar surface area (TPSA) is 84.2 Å². The van der Waals surface area contributed by atoms with Gasteiger partial charge in [0.05, 0.1) is 0 Å². The van der Waals surface area contributed by atoms with Crippen molar-refractivity contribution < 1.29 is 14.1 Å². The van der Waals surface area contributed by atoms with Crippen LogP contribution in [-0.2, 0) is 6.42 Å². The molecule has 6 heteroatoms. The van der Waals surface area contributed by atoms with Gasteiger partial charge in [0.2, 0.25) is 0 Å². The number of carbonyl (C=O) groups excluding carboxylic acids is 2. The molecule has 0 aromatic carbocycles. The molecule has 2 N–H and O–H groups in total. The molecule has 1 heterocycles. The molecule has 0 unspecified atom stereocenters. The van der Waals surface area contributed by atoms with E-state index in [1.54, 1.807) is 13.8 Å². The van der Waals surface area contributed by atoms with Crippen LogP contribution in [0.5, 0.6) is 0 Å². The Hall–Kier alpha value is -1.85. The number of hydrogen-bond donors (Lipinski definition) is 2. The second-order valence-corrected chi connectivity index (χ2v) is 3.61. The maximum Gasteiger partial charge on any atom is 0.321 e. The van der Waals surface area contributed by atoms with E-state index in [-0.39, 0.29) is 11.7 Å². The highest BCUT2D eigenvalue weighted by Crippen LogP contribution is 2.03. The van der Waals surface area contributed by atoms with Crippen LogP contribution in [0.2, 0.25) is 0 Å². The van der Waals surface area contributed by atoms with Crippen molar-refractivity contribution in [1.82, 2.24) is 15.8 Å². The summed E-state index contributed by atoms with van der Waals surface area (Å²) >= 11 is 0. The lowest BCUT2D eigenvalue weighted by Crippen LogP contribution is -2.42. The average Bonchev–Trinajstić information content (AvgIpc) is 2.64. The number of hydrogen-bond acceptors (Lipinski definition) is 4. The van der Waals surface area contributed by atoms with Crippen molar-refractivity contribution in [3.05, 3.63) is 17.5 Å². The summed E-state index contributed by atoms with van der Waals surface area (Å²) in [4.78, 5) is 22.7. The number of imide groups is 1. The summed E-state index contributed by atoms with van der Waals surface area (Å²) in [6.45, 7) is 5.48. The Labute approximate surface area is 93.4 Å². The van der Waals surface area contributed by atoms with Crippen molar-refractivity contribution in [2.45, 2.75) is 33.2 Å². The van der Waals surface area contributed by atoms with E-state index in [1.807, 2.05) is 6.92 Å². The molecule has 0 aliphatic heterocycles. The average molecular weight is 225 g/mol. The normalized spacial score (nSPS) is 10.2. The van der Waals surface area contributed by atoms with Crippen LogP contribution in [0.1, 0.15) is 37.0 Å². The van der Waals surface area contributed by atoms with E-state index in [9.17, 15) is 9.59 Å². The molecule has 1 rings (SSSR count). The van der Waals surface area contributed by atoms with Crippen molar-refractivity contribution >= 4 is 11.9 Å². The predicted molar refractivity (Wildman–Crippen MR) is 57.0 cm³/mol. The SMILES string of the molecule is CCc1cc(C(=O)NC(=O)NC(C)C)no1. The van der Waals surface area contributed by atoms with Gasteiger partial charge in [-0.1, -0.05) is 12.1 Å². The van der Waals surface area contributed by atoms with Gasteiger partial charge in [-0.2, -0.15) is 0 Å². The monoisotopic (exact) mass is 225 g/mol. The van der Waals surface area contributed by atoms with E-state index in [1.165, 1.54) is 6.07 Å². The van der Waals surface area contributed by atoms with E-state index in [0.717, 1.165) is 0 Å². The first-order valence-electron chi connectivity index (χ1n) is 5.10. The fourth-order valence-electron chi connectivity index (χ4n) is 1.05. The van der Waals surface area contributed by atoms with E-state index in [2.05, 4.69) is 15.8 Å². The van der Waals surface area contributed by atoms with Gasteiger partial charge in [-0.3, -0.25) is 10.1 Å². The lowest BCUT2D eigenvalue weighted by atomic mass is 10.3. The van der Waals surface area contributed by atoms with Crippen LogP contribution < -0.4 is 10.6 Å². The first-order chi connectivity index (χ1) is 7.52. The molecule has 0 atom stereocenters. The van der Waals surface area contributed by atoms with E-state index < -0.39 is 11.9 Å². The van der Waals surface area contributed by atoms with Gasteiger partial charge in [0.1, 0.15) is 5.76 Å². The standard InChI is InChI=1S/C10H15N3O3/c1-4-7-5-8(13-16-7)9(14)12-10(15)11-6(2)3/h5-6H,4H2,1-3H3,(H2,11,12,14,15). The van der Waals surface area contributed by atoms with E-state index in [4.69, 9.17) is 4.52 Å². The van der Waals surface area contributed by atoms with Crippen LogP contribution in [0.3, 0.4) is 0 Å². The number of urea groups is 1. The zero-order chi connectivity index (χ0) is 12.1. The molecular formula is C10H15N3O3. The minimum absolute atomic E-state index is 0.0312. The number of amides is 3. The first-order valence-corrected chi connectivity index (χ1v) is 5.10. The third-order valence-corrected chi connectivity index (χ3v) is 1.79. The van der Waals surface area contributed by atoms with Gasteiger partial charge >= 0.3 is 6.03 Å². The number of nitrogens with one attached hydrogen (secondary N) is 2. The molecule has 0 saturated heterocycles. The van der Waals surface area contributed by atoms with Crippen molar-refractivity contribution in [2.75, 3.05) is 0 Å². The van der Waals surface area contributed by atoms with Crippen LogP contribution in [0, 0.1) is 0 Å². The number of aromatic nitrogens is 1. The minimum atomic E-state index is -0.568. The molecule has 16 heavy (non-hydrogen) atoms. The Bertz CT molecular complexity index is 384. The molecule has 0 bridgehead atoms. The van der Waals surface area contributed by atoms with Crippen LogP contribution in [0.15, 0.2) is 10.6 Å². The molecule has 6 nitrogen and oxygen atoms in total. The van der Waals surface area contributed by atoms with Crippen LogP contribution in [-0.4, -0.2) is 23.1 Å². The smallest absolute Gasteiger partial charge is 0.321 e. The van der Waals surface area contributed by atoms with Gasteiger partial charge in [-0.25, -0.2) is 4.79 Å². The summed E-state index contributed by atoms with van der Waals surface area (Å²) in [5.74, 6) is 0.0380. The van der Waals surface area contributed by atoms with Crippen LogP contribution in [0.4, 0.5) is 4.79 Å². The van der Waals surface area contributed by atoms with Crippen molar-refractivity contribution in [3.8, 4) is 0 Å². The van der Waals surface area contributed by atoms with Gasteiger partial charge in [0, 0.05) is 18.5 Å². The predicted octanol–water partition coefficient (Wildman–Crippen LogP) is 1.08.